The highest BCUT2D eigenvalue weighted by Crippen LogP contribution is 2.42. The van der Waals surface area contributed by atoms with Crippen LogP contribution in [-0.2, 0) is 0 Å². The molecule has 0 atom stereocenters. The van der Waals surface area contributed by atoms with Crippen molar-refractivity contribution < 1.29 is 0 Å². The van der Waals surface area contributed by atoms with E-state index < -0.39 is 7.92 Å². The molecule has 0 aliphatic carbocycles. The third-order valence-electron chi connectivity index (χ3n) is 9.38. The van der Waals surface area contributed by atoms with Gasteiger partial charge in [0.25, 0.3) is 0 Å². The second kappa shape index (κ2) is 13.1. The Hall–Kier alpha value is -6.08. The van der Waals surface area contributed by atoms with Gasteiger partial charge in [-0.2, -0.15) is 5.10 Å². The van der Waals surface area contributed by atoms with Crippen LogP contribution < -0.4 is 15.9 Å². The van der Waals surface area contributed by atoms with Gasteiger partial charge in [-0.3, -0.25) is 0 Å². The summed E-state index contributed by atoms with van der Waals surface area (Å²) in [6, 6.07) is 72.0. The van der Waals surface area contributed by atoms with E-state index in [0.717, 1.165) is 27.8 Å². The van der Waals surface area contributed by atoms with Gasteiger partial charge in [0.2, 0.25) is 0 Å². The molecule has 9 rings (SSSR count). The first-order valence-electron chi connectivity index (χ1n) is 17.0. The van der Waals surface area contributed by atoms with Gasteiger partial charge >= 0.3 is 0 Å². The summed E-state index contributed by atoms with van der Waals surface area (Å²) in [4.78, 5) is 0. The van der Waals surface area contributed by atoms with Gasteiger partial charge in [-0.05, 0) is 75.7 Å². The highest BCUT2D eigenvalue weighted by atomic mass is 31.1. The Morgan fingerprint density at radius 1 is 0.400 bits per heavy atom. The number of nitrogens with zero attached hydrogens (tertiary/aromatic N) is 2. The van der Waals surface area contributed by atoms with Crippen molar-refractivity contribution in [3.63, 3.8) is 0 Å². The summed E-state index contributed by atoms with van der Waals surface area (Å²) in [6.45, 7) is 0. The normalized spacial score (nSPS) is 11.4. The molecule has 0 amide bonds. The third kappa shape index (κ3) is 5.50. The standard InChI is InChI=1S/C47H33N2P/c1-6-16-35(17-7-1)43-33-38-27-26-37(34-28-30-42(31-29-34)50(40-22-12-4-13-23-40)41-24-14-5-15-25-41)32-44(38)47-45(43)46(36-18-8-2-9-19-36)48-49(47)39-20-10-3-11-21-39/h1-33H. The lowest BCUT2D eigenvalue weighted by Crippen LogP contribution is -2.20. The van der Waals surface area contributed by atoms with Crippen molar-refractivity contribution in [2.75, 3.05) is 0 Å². The molecule has 8 aromatic carbocycles. The van der Waals surface area contributed by atoms with Crippen LogP contribution in [0.1, 0.15) is 0 Å². The predicted molar refractivity (Wildman–Crippen MR) is 214 cm³/mol. The summed E-state index contributed by atoms with van der Waals surface area (Å²) in [5, 5.41) is 12.9. The second-order valence-electron chi connectivity index (χ2n) is 12.5. The van der Waals surface area contributed by atoms with Crippen LogP contribution in [0.4, 0.5) is 0 Å². The van der Waals surface area contributed by atoms with Crippen molar-refractivity contribution >= 4 is 45.5 Å². The average Bonchev–Trinajstić information content (AvgIpc) is 3.61. The fourth-order valence-corrected chi connectivity index (χ4v) is 9.30. The number of aromatic nitrogens is 2. The van der Waals surface area contributed by atoms with Gasteiger partial charge in [-0.25, -0.2) is 4.68 Å². The molecule has 0 fully saturated rings. The van der Waals surface area contributed by atoms with Crippen LogP contribution in [0.2, 0.25) is 0 Å². The van der Waals surface area contributed by atoms with Crippen LogP contribution in [0.3, 0.4) is 0 Å². The molecule has 0 spiro atoms. The Kier molecular flexibility index (Phi) is 7.85. The van der Waals surface area contributed by atoms with E-state index in [1.165, 1.54) is 48.9 Å². The molecular weight excluding hydrogens is 624 g/mol. The third-order valence-corrected chi connectivity index (χ3v) is 11.8. The molecule has 0 aliphatic heterocycles. The first-order valence-corrected chi connectivity index (χ1v) is 18.3. The molecule has 1 heterocycles. The summed E-state index contributed by atoms with van der Waals surface area (Å²) in [6.07, 6.45) is 0. The van der Waals surface area contributed by atoms with Crippen molar-refractivity contribution in [1.82, 2.24) is 9.78 Å². The minimum Gasteiger partial charge on any atom is -0.232 e. The second-order valence-corrected chi connectivity index (χ2v) is 14.7. The minimum absolute atomic E-state index is 0.666. The molecule has 0 bridgehead atoms. The molecule has 0 aliphatic rings. The summed E-state index contributed by atoms with van der Waals surface area (Å²) in [5.41, 5.74) is 8.97. The molecule has 9 aromatic rings. The van der Waals surface area contributed by atoms with Crippen LogP contribution in [0.15, 0.2) is 200 Å². The molecule has 0 radical (unpaired) electrons. The first-order chi connectivity index (χ1) is 24.8. The fourth-order valence-electron chi connectivity index (χ4n) is 7.02. The number of para-hydroxylation sites is 1. The van der Waals surface area contributed by atoms with Gasteiger partial charge in [0.15, 0.2) is 0 Å². The van der Waals surface area contributed by atoms with E-state index in [4.69, 9.17) is 5.10 Å². The molecule has 1 aromatic heterocycles. The molecule has 0 saturated heterocycles. The van der Waals surface area contributed by atoms with E-state index in [9.17, 15) is 0 Å². The number of rotatable bonds is 7. The zero-order chi connectivity index (χ0) is 33.3. The van der Waals surface area contributed by atoms with E-state index in [2.05, 4.69) is 205 Å². The average molecular weight is 657 g/mol. The Balaban J connectivity index is 1.25. The molecule has 0 saturated carbocycles. The summed E-state index contributed by atoms with van der Waals surface area (Å²) in [7, 11) is -0.666. The van der Waals surface area contributed by atoms with Crippen molar-refractivity contribution in [3.8, 4) is 39.2 Å². The van der Waals surface area contributed by atoms with E-state index in [-0.39, 0.29) is 0 Å². The maximum atomic E-state index is 5.38. The van der Waals surface area contributed by atoms with E-state index in [1.807, 2.05) is 0 Å². The van der Waals surface area contributed by atoms with Crippen LogP contribution in [0, 0.1) is 0 Å². The predicted octanol–water partition coefficient (Wildman–Crippen LogP) is 10.9. The van der Waals surface area contributed by atoms with Gasteiger partial charge < -0.3 is 0 Å². The molecular formula is C47H33N2P. The lowest BCUT2D eigenvalue weighted by molar-refractivity contribution is 0.918. The summed E-state index contributed by atoms with van der Waals surface area (Å²) in [5.74, 6) is 0. The van der Waals surface area contributed by atoms with Gasteiger partial charge in [-0.15, -0.1) is 0 Å². The molecule has 0 unspecified atom stereocenters. The highest BCUT2D eigenvalue weighted by Gasteiger charge is 2.22. The zero-order valence-corrected chi connectivity index (χ0v) is 28.3. The van der Waals surface area contributed by atoms with Crippen molar-refractivity contribution in [2.45, 2.75) is 0 Å². The molecule has 2 nitrogen and oxygen atoms in total. The Bertz CT molecular complexity index is 2510. The fraction of sp³-hybridized carbons (Fsp3) is 0. The van der Waals surface area contributed by atoms with Crippen molar-refractivity contribution in [1.29, 1.82) is 0 Å². The van der Waals surface area contributed by atoms with Crippen LogP contribution >= 0.6 is 7.92 Å². The Morgan fingerprint density at radius 3 is 1.50 bits per heavy atom. The summed E-state index contributed by atoms with van der Waals surface area (Å²) < 4.78 is 2.15. The van der Waals surface area contributed by atoms with E-state index in [1.54, 1.807) is 0 Å². The van der Waals surface area contributed by atoms with Gasteiger partial charge in [0.1, 0.15) is 5.69 Å². The van der Waals surface area contributed by atoms with Gasteiger partial charge in [0, 0.05) is 16.3 Å². The van der Waals surface area contributed by atoms with E-state index >= 15 is 0 Å². The molecule has 50 heavy (non-hydrogen) atoms. The van der Waals surface area contributed by atoms with E-state index in [0.29, 0.717) is 0 Å². The Morgan fingerprint density at radius 2 is 0.900 bits per heavy atom. The van der Waals surface area contributed by atoms with Crippen molar-refractivity contribution in [2.24, 2.45) is 0 Å². The quantitative estimate of drug-likeness (QED) is 0.156. The van der Waals surface area contributed by atoms with Crippen molar-refractivity contribution in [3.05, 3.63) is 200 Å². The first kappa shape index (κ1) is 30.0. The van der Waals surface area contributed by atoms with Gasteiger partial charge in [-0.1, -0.05) is 176 Å². The van der Waals surface area contributed by atoms with Gasteiger partial charge in [0.05, 0.1) is 11.2 Å². The van der Waals surface area contributed by atoms with Crippen LogP contribution in [-0.4, -0.2) is 9.78 Å². The molecule has 0 N–H and O–H groups in total. The van der Waals surface area contributed by atoms with Crippen LogP contribution in [0.5, 0.6) is 0 Å². The number of hydrogen-bond acceptors (Lipinski definition) is 1. The highest BCUT2D eigenvalue weighted by molar-refractivity contribution is 7.79. The SMILES string of the molecule is c1ccc(-c2cc3ccc(-c4ccc(P(c5ccccc5)c5ccccc5)cc4)cc3c3c2c(-c2ccccc2)nn3-c2ccccc2)cc1. The number of benzene rings is 8. The molecule has 236 valence electrons. The Labute approximate surface area is 293 Å². The zero-order valence-electron chi connectivity index (χ0n) is 27.4. The smallest absolute Gasteiger partial charge is 0.101 e. The number of fused-ring (bicyclic) bond motifs is 3. The lowest BCUT2D eigenvalue weighted by Gasteiger charge is -2.19. The van der Waals surface area contributed by atoms with Crippen LogP contribution in [0.25, 0.3) is 60.9 Å². The topological polar surface area (TPSA) is 17.8 Å². The minimum atomic E-state index is -0.666. The summed E-state index contributed by atoms with van der Waals surface area (Å²) >= 11 is 0. The largest absolute Gasteiger partial charge is 0.232 e. The number of hydrogen-bond donors (Lipinski definition) is 0. The lowest BCUT2D eigenvalue weighted by atomic mass is 9.92. The maximum Gasteiger partial charge on any atom is 0.101 e. The monoisotopic (exact) mass is 656 g/mol. The molecule has 3 heteroatoms. The maximum absolute atomic E-state index is 5.38.